The monoisotopic (exact) mass is 327 g/mol. The van der Waals surface area contributed by atoms with Crippen LogP contribution in [0, 0.1) is 0 Å². The fraction of sp³-hybridized carbons (Fsp3) is 0.400. The van der Waals surface area contributed by atoms with Gasteiger partial charge in [-0.25, -0.2) is 4.68 Å². The third kappa shape index (κ3) is 2.70. The summed E-state index contributed by atoms with van der Waals surface area (Å²) in [6.07, 6.45) is 4.45. The average molecular weight is 327 g/mol. The molecule has 0 unspecified atom stereocenters. The van der Waals surface area contributed by atoms with Gasteiger partial charge in [0.1, 0.15) is 10.5 Å². The minimum Gasteiger partial charge on any atom is -0.238 e. The Hall–Kier alpha value is -2.35. The van der Waals surface area contributed by atoms with Crippen molar-refractivity contribution < 1.29 is 0 Å². The molecule has 0 amide bonds. The molecule has 0 spiro atoms. The van der Waals surface area contributed by atoms with E-state index in [4.69, 9.17) is 0 Å². The summed E-state index contributed by atoms with van der Waals surface area (Å²) in [6.45, 7) is 2.80. The largest absolute Gasteiger partial charge is 0.238 e. The van der Waals surface area contributed by atoms with E-state index < -0.39 is 0 Å². The van der Waals surface area contributed by atoms with Gasteiger partial charge in [0, 0.05) is 6.42 Å². The van der Waals surface area contributed by atoms with Gasteiger partial charge in [0.05, 0.1) is 12.1 Å². The molecule has 0 fully saturated rings. The first-order valence-corrected chi connectivity index (χ1v) is 8.65. The highest BCUT2D eigenvalue weighted by molar-refractivity contribution is 7.16. The van der Waals surface area contributed by atoms with E-state index >= 15 is 0 Å². The second kappa shape index (κ2) is 6.04. The van der Waals surface area contributed by atoms with Crippen molar-refractivity contribution >= 4 is 27.3 Å². The van der Waals surface area contributed by atoms with Gasteiger partial charge in [-0.15, -0.1) is 15.3 Å². The molecule has 1 aromatic carbocycles. The quantitative estimate of drug-likeness (QED) is 0.509. The van der Waals surface area contributed by atoms with Crippen LogP contribution in [0.4, 0.5) is 0 Å². The van der Waals surface area contributed by atoms with Crippen LogP contribution in [0.2, 0.25) is 0 Å². The number of unbranched alkanes of at least 4 members (excludes halogenated alkanes) is 2. The number of nitrogens with zero attached hydrogens (tertiary/aromatic N) is 7. The maximum atomic E-state index is 4.65. The van der Waals surface area contributed by atoms with Crippen molar-refractivity contribution in [1.82, 2.24) is 34.8 Å². The predicted octanol–water partition coefficient (Wildman–Crippen LogP) is 2.71. The standard InChI is InChI=1S/C15H17N7S/c1-2-3-4-9-13-17-18-15-22(13)19-14(23-15)10-21-12-8-6-5-7-11(12)16-20-21/h5-8H,2-4,9-10H2,1H3. The van der Waals surface area contributed by atoms with Crippen LogP contribution >= 0.6 is 11.3 Å². The maximum absolute atomic E-state index is 4.65. The van der Waals surface area contributed by atoms with E-state index in [-0.39, 0.29) is 0 Å². The fourth-order valence-electron chi connectivity index (χ4n) is 2.61. The zero-order valence-corrected chi connectivity index (χ0v) is 13.7. The molecule has 23 heavy (non-hydrogen) atoms. The maximum Gasteiger partial charge on any atom is 0.234 e. The topological polar surface area (TPSA) is 73.8 Å². The van der Waals surface area contributed by atoms with Crippen molar-refractivity contribution in [2.75, 3.05) is 0 Å². The van der Waals surface area contributed by atoms with Crippen molar-refractivity contribution in [3.05, 3.63) is 35.1 Å². The van der Waals surface area contributed by atoms with Crippen LogP contribution in [0.5, 0.6) is 0 Å². The molecule has 0 radical (unpaired) electrons. The molecule has 0 saturated heterocycles. The molecule has 7 nitrogen and oxygen atoms in total. The number of aryl methyl sites for hydroxylation is 1. The van der Waals surface area contributed by atoms with E-state index in [1.165, 1.54) is 12.8 Å². The number of rotatable bonds is 6. The lowest BCUT2D eigenvalue weighted by Crippen LogP contribution is -2.03. The minimum absolute atomic E-state index is 0.600. The van der Waals surface area contributed by atoms with Gasteiger partial charge in [-0.2, -0.15) is 9.61 Å². The SMILES string of the molecule is CCCCCc1nnc2sc(Cn3nnc4ccccc43)nn12. The van der Waals surface area contributed by atoms with E-state index in [0.717, 1.165) is 39.7 Å². The molecule has 118 valence electrons. The highest BCUT2D eigenvalue weighted by atomic mass is 32.1. The molecular formula is C15H17N7S. The molecule has 0 bridgehead atoms. The molecule has 3 heterocycles. The van der Waals surface area contributed by atoms with Crippen molar-refractivity contribution in [3.63, 3.8) is 0 Å². The smallest absolute Gasteiger partial charge is 0.234 e. The first-order chi connectivity index (χ1) is 11.3. The molecule has 0 aliphatic heterocycles. The van der Waals surface area contributed by atoms with Gasteiger partial charge < -0.3 is 0 Å². The molecule has 0 aliphatic rings. The van der Waals surface area contributed by atoms with E-state index in [1.54, 1.807) is 11.3 Å². The van der Waals surface area contributed by atoms with Crippen LogP contribution < -0.4 is 0 Å². The highest BCUT2D eigenvalue weighted by Crippen LogP contribution is 2.18. The second-order valence-corrected chi connectivity index (χ2v) is 6.54. The van der Waals surface area contributed by atoms with E-state index in [0.29, 0.717) is 6.54 Å². The summed E-state index contributed by atoms with van der Waals surface area (Å²) in [5.74, 6) is 0.944. The highest BCUT2D eigenvalue weighted by Gasteiger charge is 2.13. The molecule has 4 aromatic rings. The van der Waals surface area contributed by atoms with Gasteiger partial charge in [-0.1, -0.05) is 48.4 Å². The summed E-state index contributed by atoms with van der Waals surface area (Å²) in [5.41, 5.74) is 1.91. The summed E-state index contributed by atoms with van der Waals surface area (Å²) in [6, 6.07) is 7.94. The predicted molar refractivity (Wildman–Crippen MR) is 88.5 cm³/mol. The van der Waals surface area contributed by atoms with Crippen LogP contribution in [0.15, 0.2) is 24.3 Å². The second-order valence-electron chi connectivity index (χ2n) is 5.50. The number of aromatic nitrogens is 7. The Morgan fingerprint density at radius 1 is 1.09 bits per heavy atom. The molecule has 3 aromatic heterocycles. The Balaban J connectivity index is 1.59. The fourth-order valence-corrected chi connectivity index (χ4v) is 3.45. The molecule has 4 rings (SSSR count). The van der Waals surface area contributed by atoms with Gasteiger partial charge in [-0.05, 0) is 18.6 Å². The summed E-state index contributed by atoms with van der Waals surface area (Å²) in [5, 5.41) is 22.5. The Labute approximate surface area is 137 Å². The molecule has 8 heteroatoms. The van der Waals surface area contributed by atoms with Gasteiger partial charge in [0.25, 0.3) is 0 Å². The van der Waals surface area contributed by atoms with Crippen molar-refractivity contribution in [2.24, 2.45) is 0 Å². The van der Waals surface area contributed by atoms with E-state index in [9.17, 15) is 0 Å². The van der Waals surface area contributed by atoms with Gasteiger partial charge in [0.2, 0.25) is 4.96 Å². The van der Waals surface area contributed by atoms with E-state index in [2.05, 4.69) is 32.5 Å². The lowest BCUT2D eigenvalue weighted by molar-refractivity contribution is 0.646. The van der Waals surface area contributed by atoms with Crippen molar-refractivity contribution in [1.29, 1.82) is 0 Å². The summed E-state index contributed by atoms with van der Waals surface area (Å²) in [7, 11) is 0. The lowest BCUT2D eigenvalue weighted by Gasteiger charge is -1.98. The lowest BCUT2D eigenvalue weighted by atomic mass is 10.2. The van der Waals surface area contributed by atoms with Gasteiger partial charge >= 0.3 is 0 Å². The summed E-state index contributed by atoms with van der Waals surface area (Å²) >= 11 is 1.55. The summed E-state index contributed by atoms with van der Waals surface area (Å²) in [4.78, 5) is 0.843. The molecule has 0 N–H and O–H groups in total. The van der Waals surface area contributed by atoms with Gasteiger partial charge in [0.15, 0.2) is 5.82 Å². The molecule has 0 aliphatic carbocycles. The van der Waals surface area contributed by atoms with Crippen LogP contribution in [0.25, 0.3) is 16.0 Å². The van der Waals surface area contributed by atoms with Crippen LogP contribution in [-0.4, -0.2) is 34.8 Å². The average Bonchev–Trinajstić information content (AvgIpc) is 3.24. The third-order valence-electron chi connectivity index (χ3n) is 3.81. The Morgan fingerprint density at radius 3 is 2.91 bits per heavy atom. The Kier molecular flexibility index (Phi) is 3.74. The van der Waals surface area contributed by atoms with E-state index in [1.807, 2.05) is 33.5 Å². The van der Waals surface area contributed by atoms with Crippen LogP contribution in [0.1, 0.15) is 37.0 Å². The van der Waals surface area contributed by atoms with Crippen LogP contribution in [-0.2, 0) is 13.0 Å². The van der Waals surface area contributed by atoms with Crippen molar-refractivity contribution in [3.8, 4) is 0 Å². The number of fused-ring (bicyclic) bond motifs is 2. The molecular weight excluding hydrogens is 310 g/mol. The normalized spacial score (nSPS) is 11.7. The van der Waals surface area contributed by atoms with Crippen molar-refractivity contribution in [2.45, 2.75) is 39.2 Å². The summed E-state index contributed by atoms with van der Waals surface area (Å²) < 4.78 is 3.74. The van der Waals surface area contributed by atoms with Crippen LogP contribution in [0.3, 0.4) is 0 Å². The molecule has 0 atom stereocenters. The minimum atomic E-state index is 0.600. The number of para-hydroxylation sites is 1. The van der Waals surface area contributed by atoms with Gasteiger partial charge in [-0.3, -0.25) is 0 Å². The molecule has 0 saturated carbocycles. The Bertz CT molecular complexity index is 936. The zero-order valence-electron chi connectivity index (χ0n) is 12.9. The number of benzene rings is 1. The third-order valence-corrected chi connectivity index (χ3v) is 4.69. The first-order valence-electron chi connectivity index (χ1n) is 7.83. The Morgan fingerprint density at radius 2 is 2.00 bits per heavy atom. The first kappa shape index (κ1) is 14.3. The zero-order chi connectivity index (χ0) is 15.6. The number of hydrogen-bond acceptors (Lipinski definition) is 6. The number of hydrogen-bond donors (Lipinski definition) is 0.